The molecule has 3 atom stereocenters. The fraction of sp³-hybridized carbons (Fsp3) is 0.463. The van der Waals surface area contributed by atoms with Crippen LogP contribution in [0.2, 0.25) is 17.7 Å². The number of carbonyl (C=O) groups excluding carboxylic acids is 1. The molecule has 0 aliphatic carbocycles. The number of benzene rings is 4. The van der Waals surface area contributed by atoms with Gasteiger partial charge in [-0.1, -0.05) is 19.6 Å². The van der Waals surface area contributed by atoms with Crippen LogP contribution in [-0.2, 0) is 0 Å². The van der Waals surface area contributed by atoms with Crippen LogP contribution >= 0.6 is 0 Å². The van der Waals surface area contributed by atoms with Crippen LogP contribution < -0.4 is 42.1 Å². The van der Waals surface area contributed by atoms with Crippen LogP contribution in [0.5, 0.6) is 0 Å². The molecule has 0 aliphatic heterocycles. The molecule has 0 fully saturated rings. The minimum Gasteiger partial charge on any atom is -0.423 e. The Morgan fingerprint density at radius 1 is 0.418 bits per heavy atom. The molecule has 4 heterocycles. The van der Waals surface area contributed by atoms with E-state index in [0.717, 1.165) is 85.9 Å². The van der Waals surface area contributed by atoms with Crippen LogP contribution in [0.3, 0.4) is 0 Å². The van der Waals surface area contributed by atoms with Crippen molar-refractivity contribution in [2.24, 2.45) is 0 Å². The van der Waals surface area contributed by atoms with Crippen molar-refractivity contribution in [3.05, 3.63) is 199 Å². The second-order valence-electron chi connectivity index (χ2n) is 24.0. The number of carbonyl (C=O) groups is 1. The Balaban J connectivity index is 0.000000319. The Morgan fingerprint density at radius 3 is 0.969 bits per heavy atom. The Kier molecular flexibility index (Phi) is 38.4. The Morgan fingerprint density at radius 2 is 0.704 bits per heavy atom. The van der Waals surface area contributed by atoms with Gasteiger partial charge in [-0.25, -0.2) is 19.2 Å². The fourth-order valence-corrected chi connectivity index (χ4v) is 27.3. The maximum atomic E-state index is 11.7. The average molecular weight is 1460 g/mol. The first-order chi connectivity index (χ1) is 46.7. The van der Waals surface area contributed by atoms with Gasteiger partial charge in [0.15, 0.2) is 6.29 Å². The van der Waals surface area contributed by atoms with Crippen molar-refractivity contribution in [2.45, 2.75) is 177 Å². The van der Waals surface area contributed by atoms with Gasteiger partial charge < -0.3 is 57.7 Å². The number of allylic oxidation sites excluding steroid dienone is 1. The summed E-state index contributed by atoms with van der Waals surface area (Å²) in [7, 11) is 0. The number of aldehydes is 1. The van der Waals surface area contributed by atoms with Gasteiger partial charge in [0.25, 0.3) is 0 Å². The molecule has 0 aliphatic rings. The first-order valence-corrected chi connectivity index (χ1v) is 43.1. The van der Waals surface area contributed by atoms with E-state index in [-0.39, 0.29) is 20.5 Å². The van der Waals surface area contributed by atoms with Gasteiger partial charge in [-0.3, -0.25) is 4.79 Å². The van der Waals surface area contributed by atoms with E-state index in [1.807, 2.05) is 66.7 Å². The molecule has 8 aromatic rings. The van der Waals surface area contributed by atoms with Gasteiger partial charge in [-0.2, -0.15) is 0 Å². The molecule has 98 heavy (non-hydrogen) atoms. The average Bonchev–Trinajstić information content (AvgIpc) is 0.829. The topological polar surface area (TPSA) is 232 Å². The summed E-state index contributed by atoms with van der Waals surface area (Å²) in [6, 6.07) is 27.9. The third-order valence-electron chi connectivity index (χ3n) is 17.7. The third kappa shape index (κ3) is 24.4. The van der Waals surface area contributed by atoms with Crippen molar-refractivity contribution in [3.63, 3.8) is 0 Å². The van der Waals surface area contributed by atoms with E-state index in [1.54, 1.807) is 31.5 Å². The molecule has 18 heteroatoms. The molecule has 8 rings (SSSR count). The van der Waals surface area contributed by atoms with E-state index in [2.05, 4.69) is 122 Å². The zero-order chi connectivity index (χ0) is 71.6. The number of hydrogen-bond donors (Lipinski definition) is 4. The summed E-state index contributed by atoms with van der Waals surface area (Å²) in [5.41, 5.74) is 6.05. The summed E-state index contributed by atoms with van der Waals surface area (Å²) in [5.74, 6) is 0. The van der Waals surface area contributed by atoms with Crippen molar-refractivity contribution in [2.75, 3.05) is 78.6 Å². The van der Waals surface area contributed by atoms with Crippen LogP contribution in [-0.4, -0.2) is 104 Å². The summed E-state index contributed by atoms with van der Waals surface area (Å²) >= 11 is -1.78. The molecule has 17 nitrogen and oxygen atoms in total. The van der Waals surface area contributed by atoms with E-state index in [1.165, 1.54) is 67.2 Å². The third-order valence-corrected chi connectivity index (χ3v) is 33.1. The zero-order valence-corrected chi connectivity index (χ0v) is 62.6. The summed E-state index contributed by atoms with van der Waals surface area (Å²) < 4.78 is 27.3. The van der Waals surface area contributed by atoms with E-state index in [9.17, 15) is 39.3 Å². The standard InChI is InChI=1S/2C17H21NO3.C16H21NO4.C14H15NO3.3C4H9.C3H5.CH4.Sn/c2*1-4-7-15(19)14-11-17(20)21-16-10-12(8-9-13(14)16)18(5-2)6-3;1-3-17(4-2)11-5-6-12-13(14(19)7-8-18)10-16(20)21-15(12)9-11;1-3-15(4-2)11-5-6-12-10(9-16)7-14(17)18-13(12)8-11;3*1-3-4-2;1-3-2;;/h2*4,8-11,15,19H,1,5-7H2,2-3H3;5-6,9-10,14,18-19H,3-4,7-8H2,1-2H3;5-9H,3-4H2,1-2H3;3*1,3-4H2,2H3;3H,1-2H2;1H4;. The normalized spacial score (nSPS) is 11.8. The maximum absolute atomic E-state index is 11.7. The van der Waals surface area contributed by atoms with Gasteiger partial charge in [-0.15, -0.1) is 13.2 Å². The van der Waals surface area contributed by atoms with Crippen LogP contribution in [0.25, 0.3) is 43.9 Å². The molecular weight excluding hydrogens is 1340 g/mol. The second kappa shape index (κ2) is 44.5. The first kappa shape index (κ1) is 84.7. The van der Waals surface area contributed by atoms with Gasteiger partial charge in [0.05, 0.1) is 18.3 Å². The summed E-state index contributed by atoms with van der Waals surface area (Å²) in [5, 5.41) is 42.2. The number of aliphatic hydroxyl groups excluding tert-OH is 4. The molecular formula is C80H114N4O13Sn. The smallest absolute Gasteiger partial charge is 0.336 e. The number of nitrogens with zero attached hydrogens (tertiary/aromatic N) is 4. The van der Waals surface area contributed by atoms with Gasteiger partial charge in [-0.05, 0) is 133 Å². The number of aliphatic hydroxyl groups is 4. The molecule has 4 aromatic heterocycles. The van der Waals surface area contributed by atoms with E-state index < -0.39 is 59.2 Å². The van der Waals surface area contributed by atoms with Crippen molar-refractivity contribution < 1.29 is 42.9 Å². The zero-order valence-electron chi connectivity index (χ0n) is 59.7. The molecule has 0 bridgehead atoms. The molecule has 0 amide bonds. The summed E-state index contributed by atoms with van der Waals surface area (Å²) in [6.45, 7) is 41.7. The van der Waals surface area contributed by atoms with Crippen molar-refractivity contribution in [1.29, 1.82) is 0 Å². The summed E-state index contributed by atoms with van der Waals surface area (Å²) in [6.07, 6.45) is 13.4. The van der Waals surface area contributed by atoms with E-state index in [4.69, 9.17) is 22.8 Å². The van der Waals surface area contributed by atoms with Gasteiger partial charge >= 0.3 is 131 Å². The molecule has 4 aromatic carbocycles. The number of hydrogen-bond acceptors (Lipinski definition) is 17. The van der Waals surface area contributed by atoms with Crippen LogP contribution in [0, 0.1) is 0 Å². The minimum atomic E-state index is -1.78. The second-order valence-corrected chi connectivity index (χ2v) is 38.0. The van der Waals surface area contributed by atoms with Crippen LogP contribution in [0.1, 0.15) is 187 Å². The number of anilines is 4. The van der Waals surface area contributed by atoms with Gasteiger partial charge in [0.2, 0.25) is 0 Å². The molecule has 0 saturated carbocycles. The fourth-order valence-electron chi connectivity index (χ4n) is 12.3. The molecule has 536 valence electrons. The number of unbranched alkanes of at least 4 members (excludes halogenated alkanes) is 3. The molecule has 3 unspecified atom stereocenters. The van der Waals surface area contributed by atoms with Crippen molar-refractivity contribution in [1.82, 2.24) is 0 Å². The predicted octanol–water partition coefficient (Wildman–Crippen LogP) is 17.7. The molecule has 0 radical (unpaired) electrons. The summed E-state index contributed by atoms with van der Waals surface area (Å²) in [4.78, 5) is 66.0. The Hall–Kier alpha value is -7.55. The molecule has 0 spiro atoms. The predicted molar refractivity (Wildman–Crippen MR) is 412 cm³/mol. The Labute approximate surface area is 585 Å². The van der Waals surface area contributed by atoms with Crippen molar-refractivity contribution >= 4 is 91.3 Å². The van der Waals surface area contributed by atoms with Crippen molar-refractivity contribution in [3.8, 4) is 0 Å². The van der Waals surface area contributed by atoms with Crippen LogP contribution in [0.15, 0.2) is 172 Å². The van der Waals surface area contributed by atoms with Crippen LogP contribution in [0.4, 0.5) is 22.7 Å². The largest absolute Gasteiger partial charge is 0.423 e. The van der Waals surface area contributed by atoms with E-state index >= 15 is 0 Å². The van der Waals surface area contributed by atoms with E-state index in [0.29, 0.717) is 74.5 Å². The minimum absolute atomic E-state index is 0. The first-order valence-electron chi connectivity index (χ1n) is 35.0. The number of rotatable bonds is 33. The van der Waals surface area contributed by atoms with Gasteiger partial charge in [0, 0.05) is 164 Å². The maximum Gasteiger partial charge on any atom is 0.336 e. The Bertz CT molecular complexity index is 3830. The molecule has 0 saturated heterocycles. The number of fused-ring (bicyclic) bond motifs is 4. The SMILES string of the molecule is C.C=CCC(O)c1cc(=O)oc2cc(N(CC)CC)ccc12.C=CCC(O)c1cc(=O)oc2cc(N(CC)CC)ccc12.C=C[CH2][Sn]([CH2]CCC)([CH2]CCC)[CH2]CCC.CCN(CC)c1ccc2c(C(O)CCO)cc(=O)oc2c1.CCN(CC)c1ccc2c(C=O)cc(=O)oc2c1. The quantitative estimate of drug-likeness (QED) is 0.0130. The van der Waals surface area contributed by atoms with Gasteiger partial charge in [0.1, 0.15) is 22.3 Å². The molecule has 4 N–H and O–H groups in total. The monoisotopic (exact) mass is 1460 g/mol.